The number of benzene rings is 1. The number of carbonyl (C=O) groups is 1. The maximum Gasteiger partial charge on any atom is 0.259 e. The number of fused-ring (bicyclic) bond motifs is 1. The highest BCUT2D eigenvalue weighted by molar-refractivity contribution is 5.99. The van der Waals surface area contributed by atoms with Crippen LogP contribution in [0.15, 0.2) is 42.7 Å². The summed E-state index contributed by atoms with van der Waals surface area (Å²) in [5.41, 5.74) is 1.12. The summed E-state index contributed by atoms with van der Waals surface area (Å²) in [4.78, 5) is 29.6. The van der Waals surface area contributed by atoms with Crippen molar-refractivity contribution in [3.05, 3.63) is 71.2 Å². The van der Waals surface area contributed by atoms with Gasteiger partial charge in [-0.05, 0) is 38.2 Å². The molecule has 9 nitrogen and oxygen atoms in total. The number of hydrogen-bond acceptors (Lipinski definition) is 8. The van der Waals surface area contributed by atoms with Crippen LogP contribution in [0.2, 0.25) is 0 Å². The first kappa shape index (κ1) is 26.2. The molecule has 1 aromatic carbocycles. The van der Waals surface area contributed by atoms with Gasteiger partial charge >= 0.3 is 0 Å². The Bertz CT molecular complexity index is 1240. The first-order valence-corrected chi connectivity index (χ1v) is 12.2. The number of nitrogens with zero attached hydrogens (tertiary/aromatic N) is 5. The van der Waals surface area contributed by atoms with E-state index in [-0.39, 0.29) is 29.7 Å². The number of pyridine rings is 1. The molecule has 1 atom stereocenters. The SMILES string of the molecule is CCNc1ncc2c(n1)N(C)CCN(Cc1ncc(O[C@@H](CCNC)c3cccc(F)c3)cc1F)C2=O. The molecule has 4 rings (SSSR count). The Morgan fingerprint density at radius 1 is 1.16 bits per heavy atom. The fourth-order valence-corrected chi connectivity index (χ4v) is 4.11. The molecule has 1 aliphatic rings. The van der Waals surface area contributed by atoms with Gasteiger partial charge in [0.15, 0.2) is 0 Å². The highest BCUT2D eigenvalue weighted by atomic mass is 19.1. The number of ether oxygens (including phenoxy) is 1. The summed E-state index contributed by atoms with van der Waals surface area (Å²) in [5, 5.41) is 6.09. The van der Waals surface area contributed by atoms with Crippen molar-refractivity contribution in [2.24, 2.45) is 0 Å². The third kappa shape index (κ3) is 6.29. The second-order valence-electron chi connectivity index (χ2n) is 8.76. The van der Waals surface area contributed by atoms with Crippen molar-refractivity contribution in [1.29, 1.82) is 0 Å². The Kier molecular flexibility index (Phi) is 8.44. The maximum absolute atomic E-state index is 15.1. The van der Waals surface area contributed by atoms with Gasteiger partial charge in [-0.15, -0.1) is 0 Å². The molecule has 1 amide bonds. The minimum absolute atomic E-state index is 0.0136. The smallest absolute Gasteiger partial charge is 0.259 e. The number of rotatable bonds is 10. The second-order valence-corrected chi connectivity index (χ2v) is 8.76. The summed E-state index contributed by atoms with van der Waals surface area (Å²) in [6.45, 7) is 4.10. The average Bonchev–Trinajstić information content (AvgIpc) is 3.00. The quantitative estimate of drug-likeness (QED) is 0.428. The standard InChI is InChI=1S/C26H31F2N7O2/c1-4-30-26-32-15-20-24(33-26)34(3)10-11-35(25(20)36)16-22-21(28)13-19(14-31-22)37-23(8-9-29-2)17-6-5-7-18(27)12-17/h5-7,12-15,23,29H,4,8-11,16H2,1-3H3,(H,30,32,33)/t23-/m0/s1. The molecule has 0 saturated carbocycles. The molecule has 1 aliphatic heterocycles. The van der Waals surface area contributed by atoms with Gasteiger partial charge in [-0.25, -0.2) is 13.8 Å². The van der Waals surface area contributed by atoms with Crippen molar-refractivity contribution in [3.63, 3.8) is 0 Å². The molecule has 0 spiro atoms. The van der Waals surface area contributed by atoms with Gasteiger partial charge in [0, 0.05) is 45.4 Å². The summed E-state index contributed by atoms with van der Waals surface area (Å²) in [5.74, 6) is -0.0452. The zero-order chi connectivity index (χ0) is 26.4. The molecule has 2 aromatic heterocycles. The molecule has 11 heteroatoms. The molecule has 0 fully saturated rings. The molecule has 0 radical (unpaired) electrons. The number of nitrogens with one attached hydrogen (secondary N) is 2. The van der Waals surface area contributed by atoms with Crippen molar-refractivity contribution in [2.75, 3.05) is 50.5 Å². The first-order chi connectivity index (χ1) is 17.9. The third-order valence-electron chi connectivity index (χ3n) is 6.08. The number of anilines is 2. The number of hydrogen-bond donors (Lipinski definition) is 2. The lowest BCUT2D eigenvalue weighted by Gasteiger charge is -2.22. The van der Waals surface area contributed by atoms with E-state index in [1.165, 1.54) is 35.5 Å². The van der Waals surface area contributed by atoms with E-state index in [1.54, 1.807) is 12.1 Å². The summed E-state index contributed by atoms with van der Waals surface area (Å²) in [7, 11) is 3.67. The van der Waals surface area contributed by atoms with Crippen LogP contribution in [0.1, 0.15) is 41.1 Å². The first-order valence-electron chi connectivity index (χ1n) is 12.2. The van der Waals surface area contributed by atoms with Crippen molar-refractivity contribution >= 4 is 17.7 Å². The number of halogens is 2. The Labute approximate surface area is 214 Å². The van der Waals surface area contributed by atoms with Gasteiger partial charge in [0.25, 0.3) is 5.91 Å². The van der Waals surface area contributed by atoms with E-state index in [1.807, 2.05) is 25.9 Å². The van der Waals surface area contributed by atoms with E-state index in [9.17, 15) is 9.18 Å². The van der Waals surface area contributed by atoms with Crippen molar-refractivity contribution in [1.82, 2.24) is 25.2 Å². The number of carbonyl (C=O) groups excluding carboxylic acids is 1. The molecule has 0 saturated heterocycles. The molecule has 3 aromatic rings. The molecule has 2 N–H and O–H groups in total. The van der Waals surface area contributed by atoms with Crippen LogP contribution < -0.4 is 20.3 Å². The van der Waals surface area contributed by atoms with Gasteiger partial charge in [-0.2, -0.15) is 4.98 Å². The van der Waals surface area contributed by atoms with Crippen LogP contribution in [0.4, 0.5) is 20.5 Å². The Morgan fingerprint density at radius 2 is 2.00 bits per heavy atom. The maximum atomic E-state index is 15.1. The van der Waals surface area contributed by atoms with Gasteiger partial charge in [0.2, 0.25) is 5.95 Å². The van der Waals surface area contributed by atoms with Gasteiger partial charge in [0.05, 0.1) is 18.4 Å². The minimum Gasteiger partial charge on any atom is -0.484 e. The summed E-state index contributed by atoms with van der Waals surface area (Å²) in [6.07, 6.45) is 2.99. The van der Waals surface area contributed by atoms with Gasteiger partial charge < -0.3 is 25.2 Å². The fourth-order valence-electron chi connectivity index (χ4n) is 4.11. The lowest BCUT2D eigenvalue weighted by atomic mass is 10.1. The zero-order valence-corrected chi connectivity index (χ0v) is 21.2. The molecule has 0 unspecified atom stereocenters. The number of likely N-dealkylation sites (N-methyl/N-ethyl adjacent to an activating group) is 1. The normalized spacial score (nSPS) is 14.2. The minimum atomic E-state index is -0.589. The Hall–Kier alpha value is -3.86. The zero-order valence-electron chi connectivity index (χ0n) is 21.2. The highest BCUT2D eigenvalue weighted by Crippen LogP contribution is 2.27. The molecular weight excluding hydrogens is 480 g/mol. The third-order valence-corrected chi connectivity index (χ3v) is 6.08. The predicted octanol–water partition coefficient (Wildman–Crippen LogP) is 3.40. The van der Waals surface area contributed by atoms with Crippen LogP contribution in [0.3, 0.4) is 0 Å². The van der Waals surface area contributed by atoms with E-state index >= 15 is 4.39 Å². The summed E-state index contributed by atoms with van der Waals surface area (Å²) in [6, 6.07) is 7.40. The summed E-state index contributed by atoms with van der Waals surface area (Å²) >= 11 is 0. The van der Waals surface area contributed by atoms with Gasteiger partial charge in [-0.3, -0.25) is 9.78 Å². The molecule has 0 bridgehead atoms. The van der Waals surface area contributed by atoms with E-state index in [0.29, 0.717) is 55.5 Å². The van der Waals surface area contributed by atoms with Crippen LogP contribution >= 0.6 is 0 Å². The van der Waals surface area contributed by atoms with Gasteiger partial charge in [0.1, 0.15) is 34.9 Å². The number of aromatic nitrogens is 3. The Balaban J connectivity index is 1.51. The highest BCUT2D eigenvalue weighted by Gasteiger charge is 2.28. The van der Waals surface area contributed by atoms with Crippen LogP contribution in [0, 0.1) is 11.6 Å². The van der Waals surface area contributed by atoms with Crippen molar-refractivity contribution in [3.8, 4) is 5.75 Å². The van der Waals surface area contributed by atoms with Crippen LogP contribution in [0.5, 0.6) is 5.75 Å². The van der Waals surface area contributed by atoms with Crippen LogP contribution in [0.25, 0.3) is 0 Å². The molecule has 3 heterocycles. The van der Waals surface area contributed by atoms with Crippen LogP contribution in [-0.4, -0.2) is 66.0 Å². The summed E-state index contributed by atoms with van der Waals surface area (Å²) < 4.78 is 34.9. The number of amides is 1. The lowest BCUT2D eigenvalue weighted by molar-refractivity contribution is 0.0750. The lowest BCUT2D eigenvalue weighted by Crippen LogP contribution is -2.34. The van der Waals surface area contributed by atoms with E-state index in [4.69, 9.17) is 4.74 Å². The fraction of sp³-hybridized carbons (Fsp3) is 0.385. The van der Waals surface area contributed by atoms with Crippen molar-refractivity contribution < 1.29 is 18.3 Å². The van der Waals surface area contributed by atoms with Gasteiger partial charge in [-0.1, -0.05) is 12.1 Å². The molecular formula is C26H31F2N7O2. The van der Waals surface area contributed by atoms with Crippen LogP contribution in [-0.2, 0) is 6.54 Å². The predicted molar refractivity (Wildman–Crippen MR) is 137 cm³/mol. The van der Waals surface area contributed by atoms with E-state index in [0.717, 1.165) is 0 Å². The second kappa shape index (κ2) is 11.9. The molecule has 37 heavy (non-hydrogen) atoms. The average molecular weight is 512 g/mol. The topological polar surface area (TPSA) is 95.5 Å². The van der Waals surface area contributed by atoms with E-state index < -0.39 is 11.9 Å². The largest absolute Gasteiger partial charge is 0.484 e. The Morgan fingerprint density at radius 3 is 2.73 bits per heavy atom. The van der Waals surface area contributed by atoms with Crippen molar-refractivity contribution in [2.45, 2.75) is 26.0 Å². The monoisotopic (exact) mass is 511 g/mol. The molecule has 0 aliphatic carbocycles. The molecule has 196 valence electrons. The van der Waals surface area contributed by atoms with E-state index in [2.05, 4.69) is 25.6 Å².